The van der Waals surface area contributed by atoms with E-state index in [1.165, 1.54) is 5.56 Å². The van der Waals surface area contributed by atoms with Crippen molar-refractivity contribution < 1.29 is 5.11 Å². The molecule has 64 valence electrons. The highest BCUT2D eigenvalue weighted by atomic mass is 16.3. The first-order chi connectivity index (χ1) is 5.79. The first-order valence-electron chi connectivity index (χ1n) is 4.37. The molecule has 12 heavy (non-hydrogen) atoms. The Kier molecular flexibility index (Phi) is 1.85. The van der Waals surface area contributed by atoms with E-state index in [2.05, 4.69) is 11.1 Å². The second-order valence-corrected chi connectivity index (χ2v) is 3.53. The topological polar surface area (TPSA) is 33.1 Å². The van der Waals surface area contributed by atoms with E-state index in [0.29, 0.717) is 11.8 Å². The lowest BCUT2D eigenvalue weighted by atomic mass is 10.1. The van der Waals surface area contributed by atoms with Gasteiger partial charge in [0, 0.05) is 12.4 Å². The number of hydrogen-bond donors (Lipinski definition) is 1. The molecule has 0 aliphatic heterocycles. The number of aliphatic hydroxyl groups is 1. The van der Waals surface area contributed by atoms with Crippen molar-refractivity contribution in [1.82, 2.24) is 4.98 Å². The highest BCUT2D eigenvalue weighted by Gasteiger charge is 2.41. The van der Waals surface area contributed by atoms with Crippen molar-refractivity contribution >= 4 is 0 Å². The number of nitrogens with zero attached hydrogens (tertiary/aromatic N) is 1. The monoisotopic (exact) mass is 163 g/mol. The number of pyridine rings is 1. The molecule has 1 aromatic heterocycles. The Bertz CT molecular complexity index is 258. The quantitative estimate of drug-likeness (QED) is 0.717. The fourth-order valence-electron chi connectivity index (χ4n) is 1.73. The van der Waals surface area contributed by atoms with Gasteiger partial charge in [-0.1, -0.05) is 6.07 Å². The van der Waals surface area contributed by atoms with Gasteiger partial charge in [-0.2, -0.15) is 0 Å². The number of aliphatic hydroxyl groups excluding tert-OH is 1. The Balaban J connectivity index is 2.06. The van der Waals surface area contributed by atoms with Crippen LogP contribution in [-0.2, 0) is 0 Å². The molecule has 1 heterocycles. The van der Waals surface area contributed by atoms with Gasteiger partial charge in [0.2, 0.25) is 0 Å². The van der Waals surface area contributed by atoms with Crippen molar-refractivity contribution in [3.8, 4) is 0 Å². The molecule has 0 saturated heterocycles. The molecule has 3 unspecified atom stereocenters. The third-order valence-electron chi connectivity index (χ3n) is 2.57. The van der Waals surface area contributed by atoms with Gasteiger partial charge in [0.15, 0.2) is 0 Å². The zero-order chi connectivity index (χ0) is 8.55. The molecule has 1 fully saturated rings. The first-order valence-corrected chi connectivity index (χ1v) is 4.37. The average molecular weight is 163 g/mol. The minimum atomic E-state index is -0.171. The zero-order valence-electron chi connectivity index (χ0n) is 7.14. The van der Waals surface area contributed by atoms with Gasteiger partial charge >= 0.3 is 0 Å². The number of aromatic nitrogens is 1. The standard InChI is InChI=1S/C10H13NO/c1-7(12)9-5-10(9)8-3-2-4-11-6-8/h2-4,6-7,9-10,12H,5H2,1H3. The van der Waals surface area contributed by atoms with E-state index in [9.17, 15) is 5.11 Å². The average Bonchev–Trinajstić information content (AvgIpc) is 2.84. The lowest BCUT2D eigenvalue weighted by molar-refractivity contribution is 0.169. The minimum Gasteiger partial charge on any atom is -0.393 e. The fraction of sp³-hybridized carbons (Fsp3) is 0.500. The smallest absolute Gasteiger partial charge is 0.0546 e. The van der Waals surface area contributed by atoms with Crippen molar-refractivity contribution in [3.05, 3.63) is 30.1 Å². The van der Waals surface area contributed by atoms with Crippen molar-refractivity contribution in [3.63, 3.8) is 0 Å². The summed E-state index contributed by atoms with van der Waals surface area (Å²) < 4.78 is 0. The number of hydrogen-bond acceptors (Lipinski definition) is 2. The van der Waals surface area contributed by atoms with E-state index >= 15 is 0 Å². The Labute approximate surface area is 72.3 Å². The van der Waals surface area contributed by atoms with Gasteiger partial charge in [0.05, 0.1) is 6.10 Å². The molecule has 1 saturated carbocycles. The van der Waals surface area contributed by atoms with Gasteiger partial charge in [0.1, 0.15) is 0 Å². The number of rotatable bonds is 2. The van der Waals surface area contributed by atoms with Crippen LogP contribution in [0.5, 0.6) is 0 Å². The Morgan fingerprint density at radius 2 is 2.50 bits per heavy atom. The van der Waals surface area contributed by atoms with Crippen LogP contribution in [0.25, 0.3) is 0 Å². The van der Waals surface area contributed by atoms with Crippen LogP contribution < -0.4 is 0 Å². The van der Waals surface area contributed by atoms with Gasteiger partial charge in [-0.15, -0.1) is 0 Å². The van der Waals surface area contributed by atoms with Crippen LogP contribution in [0.1, 0.15) is 24.8 Å². The van der Waals surface area contributed by atoms with Crippen LogP contribution in [0.2, 0.25) is 0 Å². The molecule has 0 bridgehead atoms. The normalized spacial score (nSPS) is 29.8. The molecule has 1 aromatic rings. The molecular weight excluding hydrogens is 150 g/mol. The van der Waals surface area contributed by atoms with Gasteiger partial charge in [-0.3, -0.25) is 4.98 Å². The lowest BCUT2D eigenvalue weighted by Gasteiger charge is -2.01. The fourth-order valence-corrected chi connectivity index (χ4v) is 1.73. The summed E-state index contributed by atoms with van der Waals surface area (Å²) in [7, 11) is 0. The third kappa shape index (κ3) is 1.34. The summed E-state index contributed by atoms with van der Waals surface area (Å²) in [6.45, 7) is 1.86. The predicted molar refractivity (Wildman–Crippen MR) is 46.8 cm³/mol. The Morgan fingerprint density at radius 1 is 1.67 bits per heavy atom. The molecule has 3 atom stereocenters. The molecular formula is C10H13NO. The maximum absolute atomic E-state index is 9.30. The van der Waals surface area contributed by atoms with Crippen LogP contribution in [0.15, 0.2) is 24.5 Å². The maximum Gasteiger partial charge on any atom is 0.0546 e. The SMILES string of the molecule is CC(O)C1CC1c1cccnc1. The largest absolute Gasteiger partial charge is 0.393 e. The van der Waals surface area contributed by atoms with E-state index in [1.54, 1.807) is 6.20 Å². The first kappa shape index (κ1) is 7.74. The van der Waals surface area contributed by atoms with Crippen molar-refractivity contribution in [1.29, 1.82) is 0 Å². The molecule has 2 heteroatoms. The highest BCUT2D eigenvalue weighted by molar-refractivity contribution is 5.22. The summed E-state index contributed by atoms with van der Waals surface area (Å²) in [6, 6.07) is 4.03. The van der Waals surface area contributed by atoms with Crippen LogP contribution in [0, 0.1) is 5.92 Å². The van der Waals surface area contributed by atoms with Crippen LogP contribution in [0.3, 0.4) is 0 Å². The second-order valence-electron chi connectivity index (χ2n) is 3.53. The van der Waals surface area contributed by atoms with Crippen molar-refractivity contribution in [2.24, 2.45) is 5.92 Å². The van der Waals surface area contributed by atoms with E-state index in [4.69, 9.17) is 0 Å². The summed E-state index contributed by atoms with van der Waals surface area (Å²) in [5.74, 6) is 1.02. The van der Waals surface area contributed by atoms with Crippen molar-refractivity contribution in [2.45, 2.75) is 25.4 Å². The second kappa shape index (κ2) is 2.87. The third-order valence-corrected chi connectivity index (χ3v) is 2.57. The van der Waals surface area contributed by atoms with E-state index in [0.717, 1.165) is 6.42 Å². The lowest BCUT2D eigenvalue weighted by Crippen LogP contribution is -2.03. The zero-order valence-corrected chi connectivity index (χ0v) is 7.14. The molecule has 2 nitrogen and oxygen atoms in total. The molecule has 1 aliphatic rings. The predicted octanol–water partition coefficient (Wildman–Crippen LogP) is 1.57. The van der Waals surface area contributed by atoms with Gasteiger partial charge < -0.3 is 5.11 Å². The molecule has 0 aromatic carbocycles. The molecule has 2 rings (SSSR count). The van der Waals surface area contributed by atoms with Gasteiger partial charge in [-0.25, -0.2) is 0 Å². The minimum absolute atomic E-state index is 0.171. The van der Waals surface area contributed by atoms with Gasteiger partial charge in [0.25, 0.3) is 0 Å². The van der Waals surface area contributed by atoms with Crippen LogP contribution in [-0.4, -0.2) is 16.2 Å². The van der Waals surface area contributed by atoms with Crippen molar-refractivity contribution in [2.75, 3.05) is 0 Å². The Hall–Kier alpha value is -0.890. The molecule has 0 radical (unpaired) electrons. The molecule has 0 amide bonds. The summed E-state index contributed by atoms with van der Waals surface area (Å²) in [6.07, 6.45) is 4.62. The van der Waals surface area contributed by atoms with E-state index in [-0.39, 0.29) is 6.10 Å². The molecule has 1 N–H and O–H groups in total. The van der Waals surface area contributed by atoms with E-state index in [1.807, 2.05) is 19.2 Å². The Morgan fingerprint density at radius 3 is 3.00 bits per heavy atom. The van der Waals surface area contributed by atoms with Crippen LogP contribution in [0.4, 0.5) is 0 Å². The van der Waals surface area contributed by atoms with E-state index < -0.39 is 0 Å². The summed E-state index contributed by atoms with van der Waals surface area (Å²) >= 11 is 0. The molecule has 1 aliphatic carbocycles. The summed E-state index contributed by atoms with van der Waals surface area (Å²) in [5, 5.41) is 9.30. The molecule has 0 spiro atoms. The van der Waals surface area contributed by atoms with Crippen LogP contribution >= 0.6 is 0 Å². The van der Waals surface area contributed by atoms with Gasteiger partial charge in [-0.05, 0) is 36.8 Å². The maximum atomic E-state index is 9.30. The summed E-state index contributed by atoms with van der Waals surface area (Å²) in [4.78, 5) is 4.06. The highest BCUT2D eigenvalue weighted by Crippen LogP contribution is 2.49. The summed E-state index contributed by atoms with van der Waals surface area (Å²) in [5.41, 5.74) is 1.27.